The van der Waals surface area contributed by atoms with Gasteiger partial charge in [0.2, 0.25) is 0 Å². The SMILES string of the molecule is COc1cccc(OCC(=O)NCCSc2ccc(Cl)cc2)c1. The molecule has 0 heterocycles. The number of methoxy groups -OCH3 is 1. The van der Waals surface area contributed by atoms with Crippen LogP contribution in [0.5, 0.6) is 11.5 Å². The monoisotopic (exact) mass is 351 g/mol. The molecule has 0 saturated heterocycles. The summed E-state index contributed by atoms with van der Waals surface area (Å²) in [4.78, 5) is 12.9. The van der Waals surface area contributed by atoms with E-state index in [1.54, 1.807) is 31.0 Å². The molecule has 4 nitrogen and oxygen atoms in total. The Labute approximate surface area is 145 Å². The topological polar surface area (TPSA) is 47.6 Å². The molecule has 0 fully saturated rings. The van der Waals surface area contributed by atoms with Gasteiger partial charge < -0.3 is 14.8 Å². The van der Waals surface area contributed by atoms with Gasteiger partial charge >= 0.3 is 0 Å². The van der Waals surface area contributed by atoms with E-state index < -0.39 is 0 Å². The summed E-state index contributed by atoms with van der Waals surface area (Å²) in [5.74, 6) is 1.94. The Bertz CT molecular complexity index is 634. The highest BCUT2D eigenvalue weighted by molar-refractivity contribution is 7.99. The second-order valence-electron chi connectivity index (χ2n) is 4.62. The van der Waals surface area contributed by atoms with E-state index in [-0.39, 0.29) is 12.5 Å². The fraction of sp³-hybridized carbons (Fsp3) is 0.235. The predicted molar refractivity (Wildman–Crippen MR) is 93.7 cm³/mol. The Hall–Kier alpha value is -1.85. The standard InChI is InChI=1S/C17H18ClNO3S/c1-21-14-3-2-4-15(11-14)22-12-17(20)19-9-10-23-16-7-5-13(18)6-8-16/h2-8,11H,9-10,12H2,1H3,(H,19,20). The van der Waals surface area contributed by atoms with Crippen LogP contribution in [0, 0.1) is 0 Å². The van der Waals surface area contributed by atoms with Crippen molar-refractivity contribution in [2.75, 3.05) is 26.0 Å². The maximum absolute atomic E-state index is 11.7. The van der Waals surface area contributed by atoms with E-state index in [0.717, 1.165) is 15.7 Å². The minimum atomic E-state index is -0.149. The zero-order valence-corrected chi connectivity index (χ0v) is 14.3. The molecule has 122 valence electrons. The van der Waals surface area contributed by atoms with Crippen molar-refractivity contribution in [1.29, 1.82) is 0 Å². The number of carbonyl (C=O) groups excluding carboxylic acids is 1. The molecule has 2 aromatic carbocycles. The summed E-state index contributed by atoms with van der Waals surface area (Å²) in [6.45, 7) is 0.562. The number of halogens is 1. The van der Waals surface area contributed by atoms with E-state index in [9.17, 15) is 4.79 Å². The van der Waals surface area contributed by atoms with Crippen molar-refractivity contribution in [3.05, 3.63) is 53.6 Å². The van der Waals surface area contributed by atoms with Crippen molar-refractivity contribution in [3.8, 4) is 11.5 Å². The summed E-state index contributed by atoms with van der Waals surface area (Å²) < 4.78 is 10.5. The molecular weight excluding hydrogens is 334 g/mol. The van der Waals surface area contributed by atoms with Crippen molar-refractivity contribution in [3.63, 3.8) is 0 Å². The maximum Gasteiger partial charge on any atom is 0.257 e. The number of thioether (sulfide) groups is 1. The molecule has 0 spiro atoms. The van der Waals surface area contributed by atoms with Crippen molar-refractivity contribution in [1.82, 2.24) is 5.32 Å². The average Bonchev–Trinajstić information content (AvgIpc) is 2.58. The fourth-order valence-corrected chi connectivity index (χ4v) is 2.68. The Morgan fingerprint density at radius 1 is 1.17 bits per heavy atom. The molecule has 0 radical (unpaired) electrons. The molecule has 6 heteroatoms. The molecule has 2 aromatic rings. The number of benzene rings is 2. The molecule has 0 saturated carbocycles. The third kappa shape index (κ3) is 6.42. The van der Waals surface area contributed by atoms with E-state index in [1.807, 2.05) is 36.4 Å². The summed E-state index contributed by atoms with van der Waals surface area (Å²) in [7, 11) is 1.59. The van der Waals surface area contributed by atoms with Crippen molar-refractivity contribution in [2.45, 2.75) is 4.90 Å². The van der Waals surface area contributed by atoms with E-state index in [0.29, 0.717) is 18.0 Å². The van der Waals surface area contributed by atoms with Crippen LogP contribution in [0.15, 0.2) is 53.4 Å². The Kier molecular flexibility index (Phi) is 7.10. The van der Waals surface area contributed by atoms with E-state index in [4.69, 9.17) is 21.1 Å². The maximum atomic E-state index is 11.7. The Morgan fingerprint density at radius 2 is 1.91 bits per heavy atom. The normalized spacial score (nSPS) is 10.2. The summed E-state index contributed by atoms with van der Waals surface area (Å²) in [5, 5.41) is 3.54. The fourth-order valence-electron chi connectivity index (χ4n) is 1.78. The smallest absolute Gasteiger partial charge is 0.257 e. The highest BCUT2D eigenvalue weighted by Crippen LogP contribution is 2.20. The van der Waals surface area contributed by atoms with Crippen molar-refractivity contribution in [2.24, 2.45) is 0 Å². The lowest BCUT2D eigenvalue weighted by Crippen LogP contribution is -2.30. The van der Waals surface area contributed by atoms with Crippen LogP contribution in [0.2, 0.25) is 5.02 Å². The van der Waals surface area contributed by atoms with Crippen LogP contribution in [0.3, 0.4) is 0 Å². The Balaban J connectivity index is 1.64. The third-order valence-electron chi connectivity index (χ3n) is 2.92. The van der Waals surface area contributed by atoms with Crippen LogP contribution < -0.4 is 14.8 Å². The van der Waals surface area contributed by atoms with Gasteiger partial charge in [0.1, 0.15) is 11.5 Å². The highest BCUT2D eigenvalue weighted by Gasteiger charge is 2.03. The number of ether oxygens (including phenoxy) is 2. The summed E-state index contributed by atoms with van der Waals surface area (Å²) >= 11 is 7.49. The lowest BCUT2D eigenvalue weighted by atomic mass is 10.3. The van der Waals surface area contributed by atoms with E-state index in [1.165, 1.54) is 0 Å². The second kappa shape index (κ2) is 9.33. The molecule has 23 heavy (non-hydrogen) atoms. The average molecular weight is 352 g/mol. The lowest BCUT2D eigenvalue weighted by molar-refractivity contribution is -0.122. The van der Waals surface area contributed by atoms with Gasteiger partial charge in [-0.2, -0.15) is 0 Å². The highest BCUT2D eigenvalue weighted by atomic mass is 35.5. The number of hydrogen-bond donors (Lipinski definition) is 1. The molecule has 0 atom stereocenters. The number of amides is 1. The molecule has 0 bridgehead atoms. The van der Waals surface area contributed by atoms with Gasteiger partial charge in [0.25, 0.3) is 5.91 Å². The molecule has 1 amide bonds. The van der Waals surface area contributed by atoms with Crippen molar-refractivity contribution >= 4 is 29.3 Å². The van der Waals surface area contributed by atoms with Crippen LogP contribution in [0.1, 0.15) is 0 Å². The minimum absolute atomic E-state index is 0.0151. The van der Waals surface area contributed by atoms with E-state index >= 15 is 0 Å². The van der Waals surface area contributed by atoms with Gasteiger partial charge in [-0.1, -0.05) is 17.7 Å². The van der Waals surface area contributed by atoms with Crippen molar-refractivity contribution < 1.29 is 14.3 Å². The molecule has 0 aliphatic carbocycles. The van der Waals surface area contributed by atoms with Gasteiger partial charge in [-0.3, -0.25) is 4.79 Å². The van der Waals surface area contributed by atoms with Crippen LogP contribution in [-0.4, -0.2) is 31.9 Å². The van der Waals surface area contributed by atoms with Gasteiger partial charge in [-0.15, -0.1) is 11.8 Å². The van der Waals surface area contributed by atoms with Gasteiger partial charge in [0, 0.05) is 28.3 Å². The molecule has 0 aromatic heterocycles. The second-order valence-corrected chi connectivity index (χ2v) is 6.22. The molecule has 2 rings (SSSR count). The molecule has 0 unspecified atom stereocenters. The van der Waals surface area contributed by atoms with Gasteiger partial charge in [-0.05, 0) is 36.4 Å². The quantitative estimate of drug-likeness (QED) is 0.582. The summed E-state index contributed by atoms with van der Waals surface area (Å²) in [6, 6.07) is 14.8. The zero-order chi connectivity index (χ0) is 16.5. The zero-order valence-electron chi connectivity index (χ0n) is 12.8. The number of hydrogen-bond acceptors (Lipinski definition) is 4. The molecule has 0 aliphatic rings. The number of rotatable bonds is 8. The lowest BCUT2D eigenvalue weighted by Gasteiger charge is -2.08. The van der Waals surface area contributed by atoms with Gasteiger partial charge in [0.15, 0.2) is 6.61 Å². The molecular formula is C17H18ClNO3S. The van der Waals surface area contributed by atoms with Gasteiger partial charge in [-0.25, -0.2) is 0 Å². The first-order chi connectivity index (χ1) is 11.2. The largest absolute Gasteiger partial charge is 0.497 e. The first-order valence-corrected chi connectivity index (χ1v) is 8.45. The first kappa shape index (κ1) is 17.5. The first-order valence-electron chi connectivity index (χ1n) is 7.09. The Morgan fingerprint density at radius 3 is 2.65 bits per heavy atom. The van der Waals surface area contributed by atoms with Crippen LogP contribution in [0.4, 0.5) is 0 Å². The van der Waals surface area contributed by atoms with E-state index in [2.05, 4.69) is 5.32 Å². The van der Waals surface area contributed by atoms with Crippen LogP contribution >= 0.6 is 23.4 Å². The van der Waals surface area contributed by atoms with Crippen LogP contribution in [-0.2, 0) is 4.79 Å². The predicted octanol–water partition coefficient (Wildman–Crippen LogP) is 3.64. The number of nitrogens with one attached hydrogen (secondary N) is 1. The molecule has 1 N–H and O–H groups in total. The third-order valence-corrected chi connectivity index (χ3v) is 4.18. The summed E-state index contributed by atoms with van der Waals surface area (Å²) in [5.41, 5.74) is 0. The summed E-state index contributed by atoms with van der Waals surface area (Å²) in [6.07, 6.45) is 0. The van der Waals surface area contributed by atoms with Gasteiger partial charge in [0.05, 0.1) is 7.11 Å². The minimum Gasteiger partial charge on any atom is -0.497 e. The molecule has 0 aliphatic heterocycles. The number of carbonyl (C=O) groups is 1. The van der Waals surface area contributed by atoms with Crippen LogP contribution in [0.25, 0.3) is 0 Å².